The van der Waals surface area contributed by atoms with Crippen LogP contribution in [0.4, 0.5) is 10.5 Å². The minimum atomic E-state index is -2.17. The molecule has 0 aliphatic rings. The van der Waals surface area contributed by atoms with Gasteiger partial charge in [-0.3, -0.25) is 14.1 Å². The lowest BCUT2D eigenvalue weighted by atomic mass is 10.0. The van der Waals surface area contributed by atoms with Gasteiger partial charge in [-0.05, 0) is 41.1 Å². The molecule has 0 saturated carbocycles. The van der Waals surface area contributed by atoms with E-state index in [9.17, 15) is 13.8 Å². The Hall–Kier alpha value is -3.58. The fourth-order valence-corrected chi connectivity index (χ4v) is 5.79. The molecular weight excluding hydrogens is 545 g/mol. The highest BCUT2D eigenvalue weighted by Gasteiger charge is 2.26. The smallest absolute Gasteiger partial charge is 0.407 e. The molecule has 0 fully saturated rings. The molecule has 0 radical (unpaired) electrons. The lowest BCUT2D eigenvalue weighted by Gasteiger charge is -2.23. The van der Waals surface area contributed by atoms with E-state index in [1.165, 1.54) is 18.4 Å². The molecule has 0 aliphatic carbocycles. The summed E-state index contributed by atoms with van der Waals surface area (Å²) >= 11 is 0.911. The van der Waals surface area contributed by atoms with Crippen LogP contribution >= 0.6 is 22.7 Å². The highest BCUT2D eigenvalue weighted by Crippen LogP contribution is 2.31. The van der Waals surface area contributed by atoms with Crippen molar-refractivity contribution in [3.05, 3.63) is 94.3 Å². The van der Waals surface area contributed by atoms with Crippen molar-refractivity contribution in [2.75, 3.05) is 11.8 Å². The van der Waals surface area contributed by atoms with Gasteiger partial charge in [-0.2, -0.15) is 0 Å². The molecule has 0 bridgehead atoms. The molecule has 38 heavy (non-hydrogen) atoms. The lowest BCUT2D eigenvalue weighted by molar-refractivity contribution is -0.123. The van der Waals surface area contributed by atoms with Crippen molar-refractivity contribution in [3.8, 4) is 9.88 Å². The number of alkyl carbamates (subject to hydrolysis) is 1. The number of carbonyl (C=O) groups excluding carboxylic acids is 2. The number of nitrogens with one attached hydrogen (secondary N) is 3. The highest BCUT2D eigenvalue weighted by molar-refractivity contribution is 7.80. The zero-order valence-electron chi connectivity index (χ0n) is 20.3. The summed E-state index contributed by atoms with van der Waals surface area (Å²) in [6, 6.07) is 19.0. The van der Waals surface area contributed by atoms with Gasteiger partial charge in [0.25, 0.3) is 11.3 Å². The number of hydrogen-bond acceptors (Lipinski definition) is 7. The first-order valence-corrected chi connectivity index (χ1v) is 14.4. The van der Waals surface area contributed by atoms with Crippen LogP contribution in [-0.2, 0) is 33.6 Å². The summed E-state index contributed by atoms with van der Waals surface area (Å²) in [4.78, 5) is 31.4. The van der Waals surface area contributed by atoms with Crippen molar-refractivity contribution in [3.63, 3.8) is 0 Å². The minimum absolute atomic E-state index is 0.282. The van der Waals surface area contributed by atoms with Gasteiger partial charge in [0.2, 0.25) is 5.91 Å². The molecule has 9 nitrogen and oxygen atoms in total. The molecule has 2 heterocycles. The summed E-state index contributed by atoms with van der Waals surface area (Å²) in [7, 11) is 1.25. The van der Waals surface area contributed by atoms with Gasteiger partial charge in [0.05, 0.1) is 23.7 Å². The average molecular weight is 571 g/mol. The Bertz CT molecular complexity index is 1360. The number of benzene rings is 2. The molecule has 4 aromatic rings. The number of hydrogen-bond donors (Lipinski definition) is 4. The molecule has 12 heteroatoms. The summed E-state index contributed by atoms with van der Waals surface area (Å²) in [5, 5.41) is 10.5. The van der Waals surface area contributed by atoms with E-state index in [1.54, 1.807) is 23.5 Å². The Labute approximate surface area is 230 Å². The van der Waals surface area contributed by atoms with Gasteiger partial charge in [0.15, 0.2) is 0 Å². The topological polar surface area (TPSA) is 130 Å². The van der Waals surface area contributed by atoms with E-state index in [2.05, 4.69) is 15.4 Å². The van der Waals surface area contributed by atoms with Crippen LogP contribution < -0.4 is 15.4 Å². The van der Waals surface area contributed by atoms with E-state index in [1.807, 2.05) is 65.4 Å². The number of thiazole rings is 1. The quantitative estimate of drug-likeness (QED) is 0.192. The second kappa shape index (κ2) is 13.3. The van der Waals surface area contributed by atoms with Gasteiger partial charge in [-0.25, -0.2) is 14.0 Å². The molecule has 3 atom stereocenters. The van der Waals surface area contributed by atoms with Gasteiger partial charge < -0.3 is 15.4 Å². The SMILES string of the molecule is COC(=O)N[C@H](Cc1ccccc1)C(=O)N[C@H](Cc1ccc(NS(=O)O)cc1)c1csc(-c2cccs2)n1. The largest absolute Gasteiger partial charge is 0.453 e. The number of rotatable bonds is 11. The van der Waals surface area contributed by atoms with Crippen LogP contribution in [0.2, 0.25) is 0 Å². The maximum atomic E-state index is 13.5. The molecule has 1 unspecified atom stereocenters. The van der Waals surface area contributed by atoms with Crippen LogP contribution in [0.15, 0.2) is 77.5 Å². The standard InChI is InChI=1S/C26H26N4O5S3/c1-35-26(32)29-21(15-17-6-3-2-4-7-17)24(31)27-20(14-18-9-11-19(12-10-18)30-38(33)34)22-16-37-25(28-22)23-8-5-13-36-23/h2-13,16,20-21,30H,14-15H2,1H3,(H,27,31)(H,29,32)(H,33,34)/t20-,21-/m1/s1. The molecule has 198 valence electrons. The van der Waals surface area contributed by atoms with Crippen LogP contribution in [0.3, 0.4) is 0 Å². The Kier molecular flexibility index (Phi) is 9.60. The first-order chi connectivity index (χ1) is 18.4. The minimum Gasteiger partial charge on any atom is -0.453 e. The third-order valence-electron chi connectivity index (χ3n) is 5.60. The Morgan fingerprint density at radius 2 is 1.71 bits per heavy atom. The number of anilines is 1. The zero-order chi connectivity index (χ0) is 26.9. The number of aromatic nitrogens is 1. The number of ether oxygens (including phenoxy) is 1. The van der Waals surface area contributed by atoms with Gasteiger partial charge in [-0.15, -0.1) is 22.7 Å². The van der Waals surface area contributed by atoms with Crippen LogP contribution in [0, 0.1) is 0 Å². The first-order valence-electron chi connectivity index (χ1n) is 11.6. The fourth-order valence-electron chi connectivity index (χ4n) is 3.77. The van der Waals surface area contributed by atoms with Gasteiger partial charge in [-0.1, -0.05) is 48.5 Å². The summed E-state index contributed by atoms with van der Waals surface area (Å²) in [5.41, 5.74) is 2.96. The van der Waals surface area contributed by atoms with Crippen molar-refractivity contribution in [2.24, 2.45) is 0 Å². The van der Waals surface area contributed by atoms with Gasteiger partial charge >= 0.3 is 6.09 Å². The zero-order valence-corrected chi connectivity index (χ0v) is 22.8. The summed E-state index contributed by atoms with van der Waals surface area (Å²) in [6.07, 6.45) is -0.00127. The summed E-state index contributed by atoms with van der Waals surface area (Å²) < 4.78 is 27.3. The van der Waals surface area contributed by atoms with Crippen LogP contribution in [0.1, 0.15) is 22.9 Å². The second-order valence-electron chi connectivity index (χ2n) is 8.25. The predicted octanol–water partition coefficient (Wildman–Crippen LogP) is 4.79. The normalized spacial score (nSPS) is 13.2. The predicted molar refractivity (Wildman–Crippen MR) is 150 cm³/mol. The van der Waals surface area contributed by atoms with Crippen molar-refractivity contribution < 1.29 is 23.1 Å². The first kappa shape index (κ1) is 27.5. The third kappa shape index (κ3) is 7.71. The second-order valence-corrected chi connectivity index (χ2v) is 10.8. The molecule has 2 amide bonds. The van der Waals surface area contributed by atoms with E-state index >= 15 is 0 Å². The Morgan fingerprint density at radius 3 is 2.37 bits per heavy atom. The van der Waals surface area contributed by atoms with Crippen molar-refractivity contribution in [1.82, 2.24) is 15.6 Å². The molecule has 0 saturated heterocycles. The highest BCUT2D eigenvalue weighted by atomic mass is 32.2. The summed E-state index contributed by atoms with van der Waals surface area (Å²) in [5.74, 6) is -0.371. The number of methoxy groups -OCH3 is 1. The molecule has 2 aromatic heterocycles. The Morgan fingerprint density at radius 1 is 0.974 bits per heavy atom. The van der Waals surface area contributed by atoms with E-state index in [4.69, 9.17) is 14.3 Å². The maximum Gasteiger partial charge on any atom is 0.407 e. The fraction of sp³-hybridized carbons (Fsp3) is 0.192. The van der Waals surface area contributed by atoms with E-state index in [0.717, 1.165) is 21.0 Å². The Balaban J connectivity index is 1.58. The number of nitrogens with zero attached hydrogens (tertiary/aromatic N) is 1. The maximum absolute atomic E-state index is 13.5. The van der Waals surface area contributed by atoms with Crippen LogP contribution in [0.25, 0.3) is 9.88 Å². The van der Waals surface area contributed by atoms with E-state index in [0.29, 0.717) is 17.8 Å². The number of thiophene rings is 1. The number of carbonyl (C=O) groups is 2. The molecule has 2 aromatic carbocycles. The van der Waals surface area contributed by atoms with Crippen molar-refractivity contribution in [1.29, 1.82) is 0 Å². The lowest BCUT2D eigenvalue weighted by Crippen LogP contribution is -2.49. The molecule has 4 N–H and O–H groups in total. The van der Waals surface area contributed by atoms with Gasteiger partial charge in [0.1, 0.15) is 11.0 Å². The summed E-state index contributed by atoms with van der Waals surface area (Å²) in [6.45, 7) is 0. The van der Waals surface area contributed by atoms with Crippen LogP contribution in [-0.4, -0.2) is 38.9 Å². The average Bonchev–Trinajstić information content (AvgIpc) is 3.62. The van der Waals surface area contributed by atoms with Crippen molar-refractivity contribution in [2.45, 2.75) is 24.9 Å². The third-order valence-corrected chi connectivity index (χ3v) is 7.91. The van der Waals surface area contributed by atoms with Crippen molar-refractivity contribution >= 4 is 51.6 Å². The molecule has 0 spiro atoms. The van der Waals surface area contributed by atoms with Gasteiger partial charge in [0, 0.05) is 17.5 Å². The van der Waals surface area contributed by atoms with Crippen LogP contribution in [0.5, 0.6) is 0 Å². The molecule has 0 aliphatic heterocycles. The monoisotopic (exact) mass is 570 g/mol. The molecule has 4 rings (SSSR count). The number of amides is 2. The van der Waals surface area contributed by atoms with E-state index in [-0.39, 0.29) is 12.3 Å². The van der Waals surface area contributed by atoms with E-state index < -0.39 is 29.4 Å². The molecular formula is C26H26N4O5S3.